The second-order valence-electron chi connectivity index (χ2n) is 9.68. The lowest BCUT2D eigenvalue weighted by Gasteiger charge is -2.52. The highest BCUT2D eigenvalue weighted by molar-refractivity contribution is 5.81. The van der Waals surface area contributed by atoms with Crippen LogP contribution in [-0.4, -0.2) is 34.6 Å². The Kier molecular flexibility index (Phi) is 3.38. The molecule has 0 aromatic heterocycles. The molecule has 0 radical (unpaired) electrons. The number of hydrogen-bond donors (Lipinski definition) is 1. The Morgan fingerprint density at radius 3 is 2.16 bits per heavy atom. The van der Waals surface area contributed by atoms with Crippen LogP contribution in [0.4, 0.5) is 0 Å². The van der Waals surface area contributed by atoms with Crippen LogP contribution < -0.4 is 0 Å². The molecule has 1 aliphatic heterocycles. The average molecular weight is 339 g/mol. The van der Waals surface area contributed by atoms with Crippen molar-refractivity contribution in [1.29, 1.82) is 0 Å². The molecule has 1 amide bonds. The molecule has 1 aromatic carbocycles. The molecule has 1 heterocycles. The van der Waals surface area contributed by atoms with Gasteiger partial charge in [-0.3, -0.25) is 4.79 Å². The van der Waals surface area contributed by atoms with E-state index < -0.39 is 5.60 Å². The largest absolute Gasteiger partial charge is 0.390 e. The zero-order chi connectivity index (χ0) is 17.2. The van der Waals surface area contributed by atoms with Crippen molar-refractivity contribution < 1.29 is 9.90 Å². The highest BCUT2D eigenvalue weighted by Gasteiger charge is 2.53. The monoisotopic (exact) mass is 339 g/mol. The lowest BCUT2D eigenvalue weighted by Crippen LogP contribution is -2.61. The number of nitrogens with zero attached hydrogens (tertiary/aromatic N) is 1. The lowest BCUT2D eigenvalue weighted by molar-refractivity contribution is -0.161. The van der Waals surface area contributed by atoms with E-state index in [1.165, 1.54) is 43.2 Å². The third kappa shape index (κ3) is 2.81. The van der Waals surface area contributed by atoms with E-state index in [0.717, 1.165) is 19.0 Å². The summed E-state index contributed by atoms with van der Waals surface area (Å²) >= 11 is 0. The van der Waals surface area contributed by atoms with Crippen LogP contribution in [-0.2, 0) is 4.79 Å². The third-order valence-corrected chi connectivity index (χ3v) is 7.24. The van der Waals surface area contributed by atoms with Crippen molar-refractivity contribution in [2.24, 2.45) is 11.3 Å². The molecule has 1 saturated heterocycles. The van der Waals surface area contributed by atoms with Crippen LogP contribution >= 0.6 is 0 Å². The first-order chi connectivity index (χ1) is 11.9. The van der Waals surface area contributed by atoms with Crippen LogP contribution in [0.2, 0.25) is 0 Å². The molecular weight excluding hydrogens is 310 g/mol. The summed E-state index contributed by atoms with van der Waals surface area (Å²) in [7, 11) is 0. The molecule has 3 aliphatic carbocycles. The molecule has 3 heteroatoms. The van der Waals surface area contributed by atoms with Crippen molar-refractivity contribution in [2.75, 3.05) is 13.1 Å². The van der Waals surface area contributed by atoms with Gasteiger partial charge >= 0.3 is 0 Å². The summed E-state index contributed by atoms with van der Waals surface area (Å²) in [6.45, 7) is 3.73. The van der Waals surface area contributed by atoms with Gasteiger partial charge in [-0.25, -0.2) is 0 Å². The van der Waals surface area contributed by atoms with E-state index in [1.54, 1.807) is 0 Å². The number of benzene rings is 1. The molecule has 5 rings (SSSR count). The summed E-state index contributed by atoms with van der Waals surface area (Å²) in [5, 5.41) is 9.86. The highest BCUT2D eigenvalue weighted by atomic mass is 16.3. The summed E-state index contributed by atoms with van der Waals surface area (Å²) in [5.74, 6) is 1.87. The Morgan fingerprint density at radius 1 is 1.00 bits per heavy atom. The minimum atomic E-state index is -0.603. The number of carbonyl (C=O) groups excluding carboxylic acids is 1. The van der Waals surface area contributed by atoms with Gasteiger partial charge in [0, 0.05) is 24.4 Å². The standard InChI is InChI=1S/C22H29NO2/c1-21(25)10-19(11-21)20(24)23-13-22(14-23)9-8-18(12-22)17-6-4-16(5-7-17)15-2-3-15/h4-7,15,18-19,25H,2-3,8-14H2,1H3/t18-,19-,21+/m0/s1. The fraction of sp³-hybridized carbons (Fsp3) is 0.682. The SMILES string of the molecule is C[C@]1(O)C[C@@H](C(=O)N2CC3(CC[C@H](c4ccc(C5CC5)cc4)C3)C2)C1. The Hall–Kier alpha value is -1.35. The molecule has 0 bridgehead atoms. The van der Waals surface area contributed by atoms with Gasteiger partial charge in [-0.05, 0) is 74.8 Å². The fourth-order valence-corrected chi connectivity index (χ4v) is 5.59. The van der Waals surface area contributed by atoms with Gasteiger partial charge in [-0.15, -0.1) is 0 Å². The molecule has 1 spiro atoms. The Morgan fingerprint density at radius 2 is 1.60 bits per heavy atom. The van der Waals surface area contributed by atoms with E-state index in [4.69, 9.17) is 0 Å². The van der Waals surface area contributed by atoms with Crippen molar-refractivity contribution in [3.05, 3.63) is 35.4 Å². The summed E-state index contributed by atoms with van der Waals surface area (Å²) in [6, 6.07) is 9.40. The van der Waals surface area contributed by atoms with Crippen LogP contribution in [0, 0.1) is 11.3 Å². The van der Waals surface area contributed by atoms with Crippen LogP contribution in [0.25, 0.3) is 0 Å². The Balaban J connectivity index is 1.17. The van der Waals surface area contributed by atoms with Crippen molar-refractivity contribution in [1.82, 2.24) is 4.90 Å². The fourth-order valence-electron chi connectivity index (χ4n) is 5.59. The summed E-state index contributed by atoms with van der Waals surface area (Å²) in [4.78, 5) is 14.6. The summed E-state index contributed by atoms with van der Waals surface area (Å²) in [6.07, 6.45) is 7.79. The first kappa shape index (κ1) is 15.9. The van der Waals surface area contributed by atoms with Crippen LogP contribution in [0.1, 0.15) is 74.8 Å². The van der Waals surface area contributed by atoms with Gasteiger partial charge in [-0.2, -0.15) is 0 Å². The van der Waals surface area contributed by atoms with E-state index in [-0.39, 0.29) is 11.8 Å². The Labute approximate surface area is 150 Å². The zero-order valence-corrected chi connectivity index (χ0v) is 15.2. The van der Waals surface area contributed by atoms with Crippen LogP contribution in [0.3, 0.4) is 0 Å². The smallest absolute Gasteiger partial charge is 0.225 e. The predicted molar refractivity (Wildman–Crippen MR) is 97.4 cm³/mol. The van der Waals surface area contributed by atoms with Crippen molar-refractivity contribution in [2.45, 2.75) is 69.3 Å². The van der Waals surface area contributed by atoms with E-state index >= 15 is 0 Å². The van der Waals surface area contributed by atoms with Crippen molar-refractivity contribution >= 4 is 5.91 Å². The molecule has 134 valence electrons. The quantitative estimate of drug-likeness (QED) is 0.909. The second kappa shape index (κ2) is 5.33. The first-order valence-electron chi connectivity index (χ1n) is 10.0. The zero-order valence-electron chi connectivity index (χ0n) is 15.2. The molecule has 4 fully saturated rings. The number of amides is 1. The maximum absolute atomic E-state index is 12.5. The summed E-state index contributed by atoms with van der Waals surface area (Å²) < 4.78 is 0. The predicted octanol–water partition coefficient (Wildman–Crippen LogP) is 3.82. The summed E-state index contributed by atoms with van der Waals surface area (Å²) in [5.41, 5.74) is 2.80. The number of aliphatic hydroxyl groups is 1. The third-order valence-electron chi connectivity index (χ3n) is 7.24. The molecule has 3 saturated carbocycles. The maximum Gasteiger partial charge on any atom is 0.225 e. The molecule has 1 atom stereocenters. The van der Waals surface area contributed by atoms with Gasteiger partial charge in [0.1, 0.15) is 0 Å². The van der Waals surface area contributed by atoms with E-state index in [1.807, 2.05) is 6.92 Å². The van der Waals surface area contributed by atoms with Gasteiger partial charge in [-0.1, -0.05) is 24.3 Å². The van der Waals surface area contributed by atoms with E-state index in [2.05, 4.69) is 29.2 Å². The number of rotatable bonds is 3. The molecule has 0 unspecified atom stereocenters. The average Bonchev–Trinajstić information content (AvgIpc) is 3.29. The molecule has 1 aromatic rings. The van der Waals surface area contributed by atoms with Gasteiger partial charge in [0.05, 0.1) is 5.60 Å². The topological polar surface area (TPSA) is 40.5 Å². The number of likely N-dealkylation sites (tertiary alicyclic amines) is 1. The first-order valence-corrected chi connectivity index (χ1v) is 10.0. The molecule has 1 N–H and O–H groups in total. The van der Waals surface area contributed by atoms with Gasteiger partial charge < -0.3 is 10.0 Å². The van der Waals surface area contributed by atoms with E-state index in [0.29, 0.717) is 24.2 Å². The van der Waals surface area contributed by atoms with Crippen molar-refractivity contribution in [3.63, 3.8) is 0 Å². The molecule has 4 aliphatic rings. The minimum absolute atomic E-state index is 0.0690. The molecular formula is C22H29NO2. The molecule has 3 nitrogen and oxygen atoms in total. The van der Waals surface area contributed by atoms with Crippen LogP contribution in [0.5, 0.6) is 0 Å². The van der Waals surface area contributed by atoms with Gasteiger partial charge in [0.25, 0.3) is 0 Å². The van der Waals surface area contributed by atoms with Crippen molar-refractivity contribution in [3.8, 4) is 0 Å². The minimum Gasteiger partial charge on any atom is -0.390 e. The van der Waals surface area contributed by atoms with Gasteiger partial charge in [0.2, 0.25) is 5.91 Å². The second-order valence-corrected chi connectivity index (χ2v) is 9.68. The highest BCUT2D eigenvalue weighted by Crippen LogP contribution is 2.53. The number of carbonyl (C=O) groups is 1. The van der Waals surface area contributed by atoms with Crippen LogP contribution in [0.15, 0.2) is 24.3 Å². The normalized spacial score (nSPS) is 36.2. The van der Waals surface area contributed by atoms with E-state index in [9.17, 15) is 9.90 Å². The Bertz CT molecular complexity index is 674. The maximum atomic E-state index is 12.5. The van der Waals surface area contributed by atoms with Gasteiger partial charge in [0.15, 0.2) is 0 Å². The number of hydrogen-bond acceptors (Lipinski definition) is 2. The molecule has 25 heavy (non-hydrogen) atoms. The lowest BCUT2D eigenvalue weighted by atomic mass is 9.69.